The first kappa shape index (κ1) is 18.3. The number of nitrogens with zero attached hydrogens (tertiary/aromatic N) is 3. The topological polar surface area (TPSA) is 59.5 Å². The molecule has 1 aromatic carbocycles. The van der Waals surface area contributed by atoms with Gasteiger partial charge in [0.25, 0.3) is 0 Å². The van der Waals surface area contributed by atoms with Crippen LogP contribution in [0.3, 0.4) is 0 Å². The SMILES string of the molecule is COCCOc1cccc(CN2CCc3nc(C4CCCN4)ncc3C2)c1. The predicted octanol–water partition coefficient (Wildman–Crippen LogP) is 2.48. The van der Waals surface area contributed by atoms with Gasteiger partial charge in [-0.2, -0.15) is 0 Å². The van der Waals surface area contributed by atoms with Gasteiger partial charge in [-0.3, -0.25) is 4.90 Å². The molecule has 1 saturated heterocycles. The van der Waals surface area contributed by atoms with E-state index in [1.165, 1.54) is 23.2 Å². The van der Waals surface area contributed by atoms with Gasteiger partial charge >= 0.3 is 0 Å². The molecule has 3 heterocycles. The first-order chi connectivity index (χ1) is 13.3. The molecule has 0 spiro atoms. The predicted molar refractivity (Wildman–Crippen MR) is 104 cm³/mol. The highest BCUT2D eigenvalue weighted by atomic mass is 16.5. The van der Waals surface area contributed by atoms with Crippen molar-refractivity contribution in [3.05, 3.63) is 53.1 Å². The number of aromatic nitrogens is 2. The van der Waals surface area contributed by atoms with Crippen molar-refractivity contribution in [1.82, 2.24) is 20.2 Å². The van der Waals surface area contributed by atoms with Gasteiger partial charge in [-0.15, -0.1) is 0 Å². The van der Waals surface area contributed by atoms with Crippen LogP contribution in [0.25, 0.3) is 0 Å². The molecule has 1 unspecified atom stereocenters. The molecule has 6 nitrogen and oxygen atoms in total. The van der Waals surface area contributed by atoms with E-state index in [1.807, 2.05) is 12.3 Å². The molecule has 2 aliphatic heterocycles. The van der Waals surface area contributed by atoms with Crippen LogP contribution in [0.2, 0.25) is 0 Å². The largest absolute Gasteiger partial charge is 0.491 e. The van der Waals surface area contributed by atoms with Crippen molar-refractivity contribution in [1.29, 1.82) is 0 Å². The molecular weight excluding hydrogens is 340 g/mol. The van der Waals surface area contributed by atoms with Gasteiger partial charge in [-0.05, 0) is 37.1 Å². The Morgan fingerprint density at radius 1 is 1.30 bits per heavy atom. The lowest BCUT2D eigenvalue weighted by molar-refractivity contribution is 0.146. The lowest BCUT2D eigenvalue weighted by Crippen LogP contribution is -2.31. The Kier molecular flexibility index (Phi) is 5.97. The smallest absolute Gasteiger partial charge is 0.145 e. The maximum Gasteiger partial charge on any atom is 0.145 e. The van der Waals surface area contributed by atoms with Crippen LogP contribution in [0.15, 0.2) is 30.5 Å². The molecule has 144 valence electrons. The molecule has 1 atom stereocenters. The Morgan fingerprint density at radius 2 is 2.26 bits per heavy atom. The van der Waals surface area contributed by atoms with Crippen LogP contribution in [0.5, 0.6) is 5.75 Å². The molecule has 4 rings (SSSR count). The first-order valence-corrected chi connectivity index (χ1v) is 9.83. The molecular formula is C21H28N4O2. The minimum Gasteiger partial charge on any atom is -0.491 e. The Labute approximate surface area is 160 Å². The van der Waals surface area contributed by atoms with E-state index in [4.69, 9.17) is 14.5 Å². The van der Waals surface area contributed by atoms with Gasteiger partial charge < -0.3 is 14.8 Å². The molecule has 2 aliphatic rings. The molecule has 0 amide bonds. The van der Waals surface area contributed by atoms with Gasteiger partial charge in [0.2, 0.25) is 0 Å². The fourth-order valence-corrected chi connectivity index (χ4v) is 3.83. The molecule has 0 saturated carbocycles. The minimum atomic E-state index is 0.342. The highest BCUT2D eigenvalue weighted by Crippen LogP contribution is 2.24. The van der Waals surface area contributed by atoms with Crippen molar-refractivity contribution in [2.45, 2.75) is 38.4 Å². The number of nitrogens with one attached hydrogen (secondary N) is 1. The van der Waals surface area contributed by atoms with Gasteiger partial charge in [0, 0.05) is 50.6 Å². The van der Waals surface area contributed by atoms with Gasteiger partial charge in [0.1, 0.15) is 18.2 Å². The summed E-state index contributed by atoms with van der Waals surface area (Å²) in [5, 5.41) is 3.49. The standard InChI is InChI=1S/C21H28N4O2/c1-26-10-11-27-18-5-2-4-16(12-18)14-25-9-7-19-17(15-25)13-23-21(24-19)20-6-3-8-22-20/h2,4-5,12-13,20,22H,3,6-11,14-15H2,1H3. The maximum atomic E-state index is 5.72. The number of methoxy groups -OCH3 is 1. The lowest BCUT2D eigenvalue weighted by Gasteiger charge is -2.28. The maximum absolute atomic E-state index is 5.72. The Hall–Kier alpha value is -2.02. The molecule has 0 radical (unpaired) electrons. The molecule has 1 aromatic heterocycles. The molecule has 1 fully saturated rings. The minimum absolute atomic E-state index is 0.342. The van der Waals surface area contributed by atoms with E-state index in [9.17, 15) is 0 Å². The molecule has 6 heteroatoms. The van der Waals surface area contributed by atoms with E-state index in [-0.39, 0.29) is 0 Å². The average molecular weight is 368 g/mol. The van der Waals surface area contributed by atoms with Gasteiger partial charge in [0.15, 0.2) is 0 Å². The Bertz CT molecular complexity index is 762. The summed E-state index contributed by atoms with van der Waals surface area (Å²) in [7, 11) is 1.69. The zero-order valence-corrected chi connectivity index (χ0v) is 16.0. The van der Waals surface area contributed by atoms with Crippen molar-refractivity contribution >= 4 is 0 Å². The molecule has 27 heavy (non-hydrogen) atoms. The van der Waals surface area contributed by atoms with E-state index in [0.29, 0.717) is 19.3 Å². The number of hydrogen-bond donors (Lipinski definition) is 1. The Balaban J connectivity index is 1.37. The summed E-state index contributed by atoms with van der Waals surface area (Å²) in [6.45, 7) is 5.09. The summed E-state index contributed by atoms with van der Waals surface area (Å²) in [4.78, 5) is 12.0. The lowest BCUT2D eigenvalue weighted by atomic mass is 10.1. The highest BCUT2D eigenvalue weighted by molar-refractivity contribution is 5.29. The van der Waals surface area contributed by atoms with Crippen molar-refractivity contribution in [3.63, 3.8) is 0 Å². The van der Waals surface area contributed by atoms with E-state index in [1.54, 1.807) is 7.11 Å². The summed E-state index contributed by atoms with van der Waals surface area (Å²) >= 11 is 0. The third kappa shape index (κ3) is 4.64. The summed E-state index contributed by atoms with van der Waals surface area (Å²) in [6, 6.07) is 8.67. The van der Waals surface area contributed by atoms with Gasteiger partial charge in [-0.25, -0.2) is 9.97 Å². The van der Waals surface area contributed by atoms with Crippen LogP contribution in [-0.2, 0) is 24.2 Å². The average Bonchev–Trinajstić information content (AvgIpc) is 3.23. The second-order valence-electron chi connectivity index (χ2n) is 7.30. The third-order valence-corrected chi connectivity index (χ3v) is 5.26. The number of hydrogen-bond acceptors (Lipinski definition) is 6. The number of ether oxygens (including phenoxy) is 2. The first-order valence-electron chi connectivity index (χ1n) is 9.83. The molecule has 0 bridgehead atoms. The number of rotatable bonds is 7. The van der Waals surface area contributed by atoms with Crippen LogP contribution in [0, 0.1) is 0 Å². The summed E-state index contributed by atoms with van der Waals surface area (Å²) in [5.41, 5.74) is 3.75. The quantitative estimate of drug-likeness (QED) is 0.758. The van der Waals surface area contributed by atoms with E-state index in [0.717, 1.165) is 50.6 Å². The fraction of sp³-hybridized carbons (Fsp3) is 0.524. The van der Waals surface area contributed by atoms with Crippen LogP contribution < -0.4 is 10.1 Å². The number of benzene rings is 1. The van der Waals surface area contributed by atoms with E-state index < -0.39 is 0 Å². The van der Waals surface area contributed by atoms with Crippen molar-refractivity contribution in [3.8, 4) is 5.75 Å². The van der Waals surface area contributed by atoms with Crippen LogP contribution in [0.4, 0.5) is 0 Å². The zero-order chi connectivity index (χ0) is 18.5. The summed E-state index contributed by atoms with van der Waals surface area (Å²) in [5.74, 6) is 1.87. The zero-order valence-electron chi connectivity index (χ0n) is 16.0. The van der Waals surface area contributed by atoms with Crippen molar-refractivity contribution in [2.75, 3.05) is 33.4 Å². The third-order valence-electron chi connectivity index (χ3n) is 5.26. The highest BCUT2D eigenvalue weighted by Gasteiger charge is 2.23. The summed E-state index contributed by atoms with van der Waals surface area (Å²) < 4.78 is 10.8. The number of fused-ring (bicyclic) bond motifs is 1. The van der Waals surface area contributed by atoms with Crippen LogP contribution >= 0.6 is 0 Å². The molecule has 0 aliphatic carbocycles. The van der Waals surface area contributed by atoms with Gasteiger partial charge in [-0.1, -0.05) is 12.1 Å². The Morgan fingerprint density at radius 3 is 3.11 bits per heavy atom. The van der Waals surface area contributed by atoms with Crippen molar-refractivity contribution in [2.24, 2.45) is 0 Å². The van der Waals surface area contributed by atoms with Crippen LogP contribution in [0.1, 0.15) is 41.5 Å². The second-order valence-corrected chi connectivity index (χ2v) is 7.30. The van der Waals surface area contributed by atoms with Crippen molar-refractivity contribution < 1.29 is 9.47 Å². The van der Waals surface area contributed by atoms with Gasteiger partial charge in [0.05, 0.1) is 12.6 Å². The van der Waals surface area contributed by atoms with E-state index in [2.05, 4.69) is 33.4 Å². The normalized spacial score (nSPS) is 19.8. The second kappa shape index (κ2) is 8.78. The fourth-order valence-electron chi connectivity index (χ4n) is 3.83. The molecule has 1 N–H and O–H groups in total. The van der Waals surface area contributed by atoms with E-state index >= 15 is 0 Å². The molecule has 2 aromatic rings. The van der Waals surface area contributed by atoms with Crippen LogP contribution in [-0.4, -0.2) is 48.3 Å². The summed E-state index contributed by atoms with van der Waals surface area (Å²) in [6.07, 6.45) is 5.39. The monoisotopic (exact) mass is 368 g/mol.